The standard InChI is InChI=1S/C12H7BrClIN2O/c13-7-1-4-11(16-6-7)17-12(18)9-5-8(14)2-3-10(9)15/h1-6H,(H,16,17,18). The maximum Gasteiger partial charge on any atom is 0.257 e. The minimum atomic E-state index is -0.225. The summed E-state index contributed by atoms with van der Waals surface area (Å²) < 4.78 is 1.70. The van der Waals surface area contributed by atoms with Crippen molar-refractivity contribution in [2.75, 3.05) is 5.32 Å². The number of rotatable bonds is 2. The van der Waals surface area contributed by atoms with Gasteiger partial charge in [0.1, 0.15) is 5.82 Å². The molecule has 18 heavy (non-hydrogen) atoms. The predicted molar refractivity (Wildman–Crippen MR) is 84.1 cm³/mol. The fraction of sp³-hybridized carbons (Fsp3) is 0. The number of aromatic nitrogens is 1. The molecule has 0 radical (unpaired) electrons. The van der Waals surface area contributed by atoms with Crippen LogP contribution >= 0.6 is 50.1 Å². The van der Waals surface area contributed by atoms with Gasteiger partial charge in [0.05, 0.1) is 5.56 Å². The zero-order chi connectivity index (χ0) is 13.1. The average Bonchev–Trinajstić information content (AvgIpc) is 2.35. The quantitative estimate of drug-likeness (QED) is 0.710. The molecule has 0 fully saturated rings. The molecule has 0 bridgehead atoms. The Bertz CT molecular complexity index is 589. The first-order valence-corrected chi connectivity index (χ1v) is 7.19. The number of pyridine rings is 1. The van der Waals surface area contributed by atoms with E-state index in [1.165, 1.54) is 0 Å². The smallest absolute Gasteiger partial charge is 0.257 e. The number of halogens is 3. The second kappa shape index (κ2) is 5.99. The molecule has 92 valence electrons. The van der Waals surface area contributed by atoms with Gasteiger partial charge in [-0.05, 0) is 68.9 Å². The van der Waals surface area contributed by atoms with E-state index >= 15 is 0 Å². The van der Waals surface area contributed by atoms with Crippen LogP contribution in [0.25, 0.3) is 0 Å². The molecule has 0 aliphatic rings. The molecule has 1 N–H and O–H groups in total. The Morgan fingerprint density at radius 2 is 2.11 bits per heavy atom. The topological polar surface area (TPSA) is 42.0 Å². The number of hydrogen-bond donors (Lipinski definition) is 1. The summed E-state index contributed by atoms with van der Waals surface area (Å²) in [5.41, 5.74) is 0.535. The summed E-state index contributed by atoms with van der Waals surface area (Å²) >= 11 is 11.3. The fourth-order valence-corrected chi connectivity index (χ4v) is 2.29. The highest BCUT2D eigenvalue weighted by atomic mass is 127. The molecule has 1 aromatic heterocycles. The van der Waals surface area contributed by atoms with Gasteiger partial charge in [-0.15, -0.1) is 0 Å². The van der Waals surface area contributed by atoms with Crippen LogP contribution in [0.3, 0.4) is 0 Å². The lowest BCUT2D eigenvalue weighted by Gasteiger charge is -2.06. The number of nitrogens with one attached hydrogen (secondary N) is 1. The Hall–Kier alpha value is -0.660. The van der Waals surface area contributed by atoms with E-state index in [-0.39, 0.29) is 5.91 Å². The molecular weight excluding hydrogens is 430 g/mol. The highest BCUT2D eigenvalue weighted by Crippen LogP contribution is 2.19. The van der Waals surface area contributed by atoms with Gasteiger partial charge >= 0.3 is 0 Å². The molecule has 0 saturated heterocycles. The highest BCUT2D eigenvalue weighted by molar-refractivity contribution is 14.1. The lowest BCUT2D eigenvalue weighted by Crippen LogP contribution is -2.14. The first-order valence-electron chi connectivity index (χ1n) is 4.94. The second-order valence-electron chi connectivity index (χ2n) is 3.44. The largest absolute Gasteiger partial charge is 0.307 e. The molecule has 6 heteroatoms. The van der Waals surface area contributed by atoms with E-state index in [0.29, 0.717) is 16.4 Å². The van der Waals surface area contributed by atoms with E-state index in [4.69, 9.17) is 11.6 Å². The first kappa shape index (κ1) is 13.8. The fourth-order valence-electron chi connectivity index (χ4n) is 1.30. The van der Waals surface area contributed by atoms with Crippen molar-refractivity contribution >= 4 is 61.8 Å². The number of carbonyl (C=O) groups is 1. The molecule has 2 rings (SSSR count). The van der Waals surface area contributed by atoms with Crippen LogP contribution in [-0.4, -0.2) is 10.9 Å². The van der Waals surface area contributed by atoms with Gasteiger partial charge in [-0.25, -0.2) is 4.98 Å². The summed E-state index contributed by atoms with van der Waals surface area (Å²) in [5, 5.41) is 3.25. The molecule has 3 nitrogen and oxygen atoms in total. The molecule has 2 aromatic rings. The van der Waals surface area contributed by atoms with Crippen molar-refractivity contribution in [3.8, 4) is 0 Å². The third-order valence-corrected chi connectivity index (χ3v) is 3.79. The van der Waals surface area contributed by atoms with Gasteiger partial charge in [-0.3, -0.25) is 4.79 Å². The van der Waals surface area contributed by atoms with Crippen LogP contribution in [0.5, 0.6) is 0 Å². The Labute approximate surface area is 131 Å². The molecule has 0 unspecified atom stereocenters. The van der Waals surface area contributed by atoms with Crippen molar-refractivity contribution in [3.05, 3.63) is 55.2 Å². The summed E-state index contributed by atoms with van der Waals surface area (Å²) in [5.74, 6) is 0.274. The number of amides is 1. The van der Waals surface area contributed by atoms with E-state index in [9.17, 15) is 4.79 Å². The van der Waals surface area contributed by atoms with Gasteiger partial charge in [-0.2, -0.15) is 0 Å². The third kappa shape index (κ3) is 3.43. The van der Waals surface area contributed by atoms with Crippen LogP contribution in [-0.2, 0) is 0 Å². The van der Waals surface area contributed by atoms with Crippen LogP contribution in [0.4, 0.5) is 5.82 Å². The molecule has 1 aromatic carbocycles. The minimum Gasteiger partial charge on any atom is -0.307 e. The van der Waals surface area contributed by atoms with Crippen molar-refractivity contribution in [2.45, 2.75) is 0 Å². The van der Waals surface area contributed by atoms with Crippen LogP contribution in [0, 0.1) is 3.57 Å². The van der Waals surface area contributed by atoms with Gasteiger partial charge in [0.15, 0.2) is 0 Å². The number of hydrogen-bond acceptors (Lipinski definition) is 2. The highest BCUT2D eigenvalue weighted by Gasteiger charge is 2.11. The van der Waals surface area contributed by atoms with Gasteiger partial charge in [0.2, 0.25) is 0 Å². The number of benzene rings is 1. The van der Waals surface area contributed by atoms with Gasteiger partial charge in [0.25, 0.3) is 5.91 Å². The minimum absolute atomic E-state index is 0.225. The zero-order valence-electron chi connectivity index (χ0n) is 8.95. The van der Waals surface area contributed by atoms with Gasteiger partial charge in [-0.1, -0.05) is 11.6 Å². The normalized spacial score (nSPS) is 10.2. The van der Waals surface area contributed by atoms with E-state index < -0.39 is 0 Å². The lowest BCUT2D eigenvalue weighted by molar-refractivity contribution is 0.102. The van der Waals surface area contributed by atoms with E-state index in [1.54, 1.807) is 30.5 Å². The number of carbonyl (C=O) groups excluding carboxylic acids is 1. The van der Waals surface area contributed by atoms with Crippen LogP contribution in [0.2, 0.25) is 5.02 Å². The number of nitrogens with zero attached hydrogens (tertiary/aromatic N) is 1. The third-order valence-electron chi connectivity index (χ3n) is 2.14. The number of anilines is 1. The summed E-state index contributed by atoms with van der Waals surface area (Å²) in [7, 11) is 0. The van der Waals surface area contributed by atoms with E-state index in [2.05, 4.69) is 48.8 Å². The maximum atomic E-state index is 12.0. The van der Waals surface area contributed by atoms with Crippen molar-refractivity contribution in [3.63, 3.8) is 0 Å². The Balaban J connectivity index is 2.21. The predicted octanol–water partition coefficient (Wildman–Crippen LogP) is 4.35. The van der Waals surface area contributed by atoms with Gasteiger partial charge < -0.3 is 5.32 Å². The molecule has 0 atom stereocenters. The zero-order valence-corrected chi connectivity index (χ0v) is 13.5. The Morgan fingerprint density at radius 3 is 2.78 bits per heavy atom. The van der Waals surface area contributed by atoms with Crippen LogP contribution in [0.1, 0.15) is 10.4 Å². The second-order valence-corrected chi connectivity index (χ2v) is 5.95. The van der Waals surface area contributed by atoms with Crippen molar-refractivity contribution in [1.29, 1.82) is 0 Å². The van der Waals surface area contributed by atoms with E-state index in [1.807, 2.05) is 6.07 Å². The van der Waals surface area contributed by atoms with Crippen molar-refractivity contribution < 1.29 is 4.79 Å². The molecule has 0 aliphatic heterocycles. The molecule has 0 saturated carbocycles. The van der Waals surface area contributed by atoms with Crippen LogP contribution in [0.15, 0.2) is 41.0 Å². The van der Waals surface area contributed by atoms with Crippen LogP contribution < -0.4 is 5.32 Å². The van der Waals surface area contributed by atoms with Crippen molar-refractivity contribution in [1.82, 2.24) is 4.98 Å². The molecule has 0 aliphatic carbocycles. The Morgan fingerprint density at radius 1 is 1.33 bits per heavy atom. The monoisotopic (exact) mass is 436 g/mol. The molecule has 1 amide bonds. The SMILES string of the molecule is O=C(Nc1ccc(Br)cn1)c1cc(Cl)ccc1I. The summed E-state index contributed by atoms with van der Waals surface area (Å²) in [6.45, 7) is 0. The average molecular weight is 437 g/mol. The first-order chi connectivity index (χ1) is 8.56. The molecular formula is C12H7BrClIN2O. The van der Waals surface area contributed by atoms with Crippen molar-refractivity contribution in [2.24, 2.45) is 0 Å². The molecule has 0 spiro atoms. The summed E-state index contributed by atoms with van der Waals surface area (Å²) in [6.07, 6.45) is 1.62. The van der Waals surface area contributed by atoms with Gasteiger partial charge in [0, 0.05) is 19.3 Å². The lowest BCUT2D eigenvalue weighted by atomic mass is 10.2. The van der Waals surface area contributed by atoms with E-state index in [0.717, 1.165) is 8.04 Å². The summed E-state index contributed by atoms with van der Waals surface area (Å²) in [4.78, 5) is 16.1. The summed E-state index contributed by atoms with van der Waals surface area (Å²) in [6, 6.07) is 8.72. The Kier molecular flexibility index (Phi) is 4.58. The molecule has 1 heterocycles. The maximum absolute atomic E-state index is 12.0.